The van der Waals surface area contributed by atoms with Crippen molar-refractivity contribution in [1.82, 2.24) is 20.0 Å². The zero-order valence-electron chi connectivity index (χ0n) is 16.6. The van der Waals surface area contributed by atoms with Crippen molar-refractivity contribution < 1.29 is 14.4 Å². The third-order valence-electron chi connectivity index (χ3n) is 4.79. The number of anilines is 1. The van der Waals surface area contributed by atoms with Gasteiger partial charge in [0, 0.05) is 13.0 Å². The van der Waals surface area contributed by atoms with Crippen LogP contribution in [0.4, 0.5) is 10.5 Å². The molecule has 4 amide bonds. The van der Waals surface area contributed by atoms with E-state index in [4.69, 9.17) is 0 Å². The minimum atomic E-state index is -0.889. The Morgan fingerprint density at radius 1 is 1.18 bits per heavy atom. The quantitative estimate of drug-likeness (QED) is 0.749. The average molecular weight is 383 g/mol. The smallest absolute Gasteiger partial charge is 0.324 e. The third kappa shape index (κ3) is 3.76. The molecule has 148 valence electrons. The van der Waals surface area contributed by atoms with E-state index in [0.717, 1.165) is 22.0 Å². The van der Waals surface area contributed by atoms with E-state index in [2.05, 4.69) is 15.7 Å². The Hall–Kier alpha value is -3.16. The standard InChI is InChI=1S/C20H25N5O3/c1-13-17(14(2)25(23-13)15-9-6-5-7-10-15)21-16(26)11-8-12-24-18(27)20(3,4)22-19(24)28/h5-7,9-10H,8,11-12H2,1-4H3,(H,21,26)(H,22,28). The SMILES string of the molecule is Cc1nn(-c2ccccc2)c(C)c1NC(=O)CCCN1C(=O)NC(C)(C)C1=O. The molecule has 0 aliphatic carbocycles. The summed E-state index contributed by atoms with van der Waals surface area (Å²) in [7, 11) is 0. The first-order valence-electron chi connectivity index (χ1n) is 9.26. The number of aromatic nitrogens is 2. The molecule has 28 heavy (non-hydrogen) atoms. The molecule has 0 radical (unpaired) electrons. The van der Waals surface area contributed by atoms with E-state index in [1.807, 2.05) is 44.2 Å². The van der Waals surface area contributed by atoms with Crippen molar-refractivity contribution in [3.05, 3.63) is 41.7 Å². The Bertz CT molecular complexity index is 917. The molecule has 2 heterocycles. The molecule has 0 bridgehead atoms. The molecule has 1 aliphatic rings. The van der Waals surface area contributed by atoms with Crippen LogP contribution in [0.1, 0.15) is 38.1 Å². The third-order valence-corrected chi connectivity index (χ3v) is 4.79. The van der Waals surface area contributed by atoms with Gasteiger partial charge in [-0.25, -0.2) is 9.48 Å². The lowest BCUT2D eigenvalue weighted by molar-refractivity contribution is -0.130. The fourth-order valence-corrected chi connectivity index (χ4v) is 3.26. The fourth-order valence-electron chi connectivity index (χ4n) is 3.26. The van der Waals surface area contributed by atoms with Crippen molar-refractivity contribution in [2.24, 2.45) is 0 Å². The minimum Gasteiger partial charge on any atom is -0.324 e. The van der Waals surface area contributed by atoms with Gasteiger partial charge in [0.15, 0.2) is 0 Å². The maximum atomic E-state index is 12.4. The second-order valence-corrected chi connectivity index (χ2v) is 7.46. The van der Waals surface area contributed by atoms with Gasteiger partial charge in [-0.3, -0.25) is 14.5 Å². The molecule has 0 atom stereocenters. The number of para-hydroxylation sites is 1. The molecular formula is C20H25N5O3. The van der Waals surface area contributed by atoms with Crippen LogP contribution in [-0.4, -0.2) is 44.6 Å². The second-order valence-electron chi connectivity index (χ2n) is 7.46. The summed E-state index contributed by atoms with van der Waals surface area (Å²) < 4.78 is 1.79. The number of nitrogens with one attached hydrogen (secondary N) is 2. The van der Waals surface area contributed by atoms with Gasteiger partial charge in [0.1, 0.15) is 5.54 Å². The van der Waals surface area contributed by atoms with Crippen LogP contribution in [0.5, 0.6) is 0 Å². The summed E-state index contributed by atoms with van der Waals surface area (Å²) in [5.41, 5.74) is 2.28. The topological polar surface area (TPSA) is 96.3 Å². The Kier molecular flexibility index (Phi) is 5.22. The number of urea groups is 1. The maximum Gasteiger partial charge on any atom is 0.325 e. The summed E-state index contributed by atoms with van der Waals surface area (Å²) in [6.45, 7) is 7.28. The van der Waals surface area contributed by atoms with Crippen molar-refractivity contribution in [2.75, 3.05) is 11.9 Å². The van der Waals surface area contributed by atoms with Crippen LogP contribution < -0.4 is 10.6 Å². The number of benzene rings is 1. The first-order chi connectivity index (χ1) is 13.2. The van der Waals surface area contributed by atoms with E-state index in [1.54, 1.807) is 18.5 Å². The molecule has 1 saturated heterocycles. The average Bonchev–Trinajstić information content (AvgIpc) is 3.03. The normalized spacial score (nSPS) is 15.6. The summed E-state index contributed by atoms with van der Waals surface area (Å²) in [6, 6.07) is 9.29. The molecule has 0 saturated carbocycles. The number of rotatable bonds is 6. The summed E-state index contributed by atoms with van der Waals surface area (Å²) in [4.78, 5) is 37.6. The van der Waals surface area contributed by atoms with Gasteiger partial charge in [0.05, 0.1) is 22.8 Å². The zero-order valence-corrected chi connectivity index (χ0v) is 16.6. The molecule has 8 heteroatoms. The molecule has 0 spiro atoms. The highest BCUT2D eigenvalue weighted by atomic mass is 16.2. The number of nitrogens with zero attached hydrogens (tertiary/aromatic N) is 3. The number of hydrogen-bond acceptors (Lipinski definition) is 4. The highest BCUT2D eigenvalue weighted by Crippen LogP contribution is 2.23. The van der Waals surface area contributed by atoms with Gasteiger partial charge in [-0.15, -0.1) is 0 Å². The maximum absolute atomic E-state index is 12.4. The van der Waals surface area contributed by atoms with Gasteiger partial charge >= 0.3 is 6.03 Å². The van der Waals surface area contributed by atoms with Crippen molar-refractivity contribution in [3.63, 3.8) is 0 Å². The fraction of sp³-hybridized carbons (Fsp3) is 0.400. The number of amides is 4. The van der Waals surface area contributed by atoms with Crippen LogP contribution in [0.15, 0.2) is 30.3 Å². The van der Waals surface area contributed by atoms with Gasteiger partial charge in [0.2, 0.25) is 5.91 Å². The highest BCUT2D eigenvalue weighted by molar-refractivity contribution is 6.06. The van der Waals surface area contributed by atoms with Crippen LogP contribution in [0, 0.1) is 13.8 Å². The number of imide groups is 1. The molecular weight excluding hydrogens is 358 g/mol. The van der Waals surface area contributed by atoms with Crippen LogP contribution in [0.25, 0.3) is 5.69 Å². The van der Waals surface area contributed by atoms with Gasteiger partial charge in [-0.1, -0.05) is 18.2 Å². The second kappa shape index (κ2) is 7.46. The summed E-state index contributed by atoms with van der Waals surface area (Å²) in [5, 5.41) is 10.0. The molecule has 1 aliphatic heterocycles. The molecule has 2 aromatic rings. The first-order valence-corrected chi connectivity index (χ1v) is 9.26. The molecule has 3 rings (SSSR count). The van der Waals surface area contributed by atoms with Crippen LogP contribution in [-0.2, 0) is 9.59 Å². The number of carbonyl (C=O) groups is 3. The predicted octanol–water partition coefficient (Wildman–Crippen LogP) is 2.54. The van der Waals surface area contributed by atoms with Gasteiger partial charge < -0.3 is 10.6 Å². The van der Waals surface area contributed by atoms with Crippen molar-refractivity contribution >= 4 is 23.5 Å². The van der Waals surface area contributed by atoms with Gasteiger partial charge in [-0.2, -0.15) is 5.10 Å². The lowest BCUT2D eigenvalue weighted by atomic mass is 10.1. The van der Waals surface area contributed by atoms with Crippen LogP contribution >= 0.6 is 0 Å². The summed E-state index contributed by atoms with van der Waals surface area (Å²) in [5.74, 6) is -0.445. The zero-order chi connectivity index (χ0) is 20.5. The van der Waals surface area contributed by atoms with E-state index in [0.29, 0.717) is 12.1 Å². The van der Waals surface area contributed by atoms with Crippen LogP contribution in [0.3, 0.4) is 0 Å². The van der Waals surface area contributed by atoms with Crippen molar-refractivity contribution in [2.45, 2.75) is 46.1 Å². The number of aryl methyl sites for hydroxylation is 1. The lowest BCUT2D eigenvalue weighted by Crippen LogP contribution is -2.40. The number of hydrogen-bond donors (Lipinski definition) is 2. The van der Waals surface area contributed by atoms with Crippen molar-refractivity contribution in [1.29, 1.82) is 0 Å². The Morgan fingerprint density at radius 2 is 1.86 bits per heavy atom. The predicted molar refractivity (Wildman–Crippen MR) is 105 cm³/mol. The molecule has 0 unspecified atom stereocenters. The van der Waals surface area contributed by atoms with Crippen molar-refractivity contribution in [3.8, 4) is 5.69 Å². The Balaban J connectivity index is 1.60. The lowest BCUT2D eigenvalue weighted by Gasteiger charge is -2.15. The molecule has 1 fully saturated rings. The highest BCUT2D eigenvalue weighted by Gasteiger charge is 2.43. The molecule has 8 nitrogen and oxygen atoms in total. The summed E-state index contributed by atoms with van der Waals surface area (Å²) in [6.07, 6.45) is 0.596. The van der Waals surface area contributed by atoms with E-state index >= 15 is 0 Å². The van der Waals surface area contributed by atoms with E-state index in [9.17, 15) is 14.4 Å². The van der Waals surface area contributed by atoms with E-state index in [1.165, 1.54) is 0 Å². The monoisotopic (exact) mass is 383 g/mol. The molecule has 1 aromatic carbocycles. The van der Waals surface area contributed by atoms with Gasteiger partial charge in [-0.05, 0) is 46.2 Å². The van der Waals surface area contributed by atoms with Crippen LogP contribution in [0.2, 0.25) is 0 Å². The molecule has 2 N–H and O–H groups in total. The first kappa shape index (κ1) is 19.6. The Labute approximate surface area is 163 Å². The van der Waals surface area contributed by atoms with E-state index in [-0.39, 0.29) is 24.8 Å². The minimum absolute atomic E-state index is 0.176. The number of carbonyl (C=O) groups excluding carboxylic acids is 3. The van der Waals surface area contributed by atoms with Gasteiger partial charge in [0.25, 0.3) is 5.91 Å². The largest absolute Gasteiger partial charge is 0.325 e. The van der Waals surface area contributed by atoms with E-state index < -0.39 is 11.6 Å². The summed E-state index contributed by atoms with van der Waals surface area (Å²) >= 11 is 0. The Morgan fingerprint density at radius 3 is 2.46 bits per heavy atom. The molecule has 1 aromatic heterocycles.